The van der Waals surface area contributed by atoms with E-state index in [1.807, 2.05) is 0 Å². The lowest BCUT2D eigenvalue weighted by Crippen LogP contribution is -2.63. The van der Waals surface area contributed by atoms with Crippen LogP contribution in [0.3, 0.4) is 0 Å². The first kappa shape index (κ1) is 22.0. The number of allylic oxidation sites excluding steroid dienone is 1. The van der Waals surface area contributed by atoms with E-state index in [-0.39, 0.29) is 42.1 Å². The third-order valence-electron chi connectivity index (χ3n) is 7.26. The van der Waals surface area contributed by atoms with Crippen molar-refractivity contribution in [2.45, 2.75) is 31.0 Å². The molecule has 1 aromatic carbocycles. The predicted molar refractivity (Wildman–Crippen MR) is 116 cm³/mol. The molecule has 8 N–H and O–H groups in total. The predicted octanol–water partition coefficient (Wildman–Crippen LogP) is -0.215. The van der Waals surface area contributed by atoms with Crippen LogP contribution in [0.4, 0.5) is 5.95 Å². The Morgan fingerprint density at radius 2 is 1.79 bits per heavy atom. The van der Waals surface area contributed by atoms with Gasteiger partial charge < -0.3 is 31.9 Å². The van der Waals surface area contributed by atoms with Crippen molar-refractivity contribution in [1.82, 2.24) is 9.97 Å². The molecule has 1 fully saturated rings. The average molecular weight is 466 g/mol. The van der Waals surface area contributed by atoms with Crippen LogP contribution in [-0.4, -0.2) is 59.6 Å². The summed E-state index contributed by atoms with van der Waals surface area (Å²) in [5.74, 6) is -7.36. The zero-order chi connectivity index (χ0) is 24.5. The van der Waals surface area contributed by atoms with Crippen molar-refractivity contribution in [3.63, 3.8) is 0 Å². The summed E-state index contributed by atoms with van der Waals surface area (Å²) in [5, 5.41) is 43.2. The molecule has 5 atom stereocenters. The number of phenols is 1. The van der Waals surface area contributed by atoms with Crippen LogP contribution in [0, 0.1) is 17.8 Å². The van der Waals surface area contributed by atoms with Gasteiger partial charge >= 0.3 is 0 Å². The van der Waals surface area contributed by atoms with Gasteiger partial charge in [-0.25, -0.2) is 9.97 Å². The maximum atomic E-state index is 13.5. The second kappa shape index (κ2) is 7.34. The second-order valence-electron chi connectivity index (χ2n) is 9.05. The van der Waals surface area contributed by atoms with Gasteiger partial charge in [-0.3, -0.25) is 14.4 Å². The number of primary amides is 1. The lowest BCUT2D eigenvalue weighted by Gasteiger charge is -2.48. The number of carbonyl (C=O) groups is 3. The number of aliphatic hydroxyl groups is 3. The van der Waals surface area contributed by atoms with E-state index >= 15 is 0 Å². The molecule has 1 amide bonds. The van der Waals surface area contributed by atoms with E-state index in [0.29, 0.717) is 16.7 Å². The van der Waals surface area contributed by atoms with Crippen molar-refractivity contribution in [3.8, 4) is 16.9 Å². The molecule has 0 saturated heterocycles. The summed E-state index contributed by atoms with van der Waals surface area (Å²) < 4.78 is 0. The number of rotatable bonds is 2. The number of ketones is 2. The first-order valence-electron chi connectivity index (χ1n) is 10.7. The van der Waals surface area contributed by atoms with E-state index in [4.69, 9.17) is 11.5 Å². The highest BCUT2D eigenvalue weighted by atomic mass is 16.3. The van der Waals surface area contributed by atoms with Gasteiger partial charge in [0, 0.05) is 29.4 Å². The van der Waals surface area contributed by atoms with Gasteiger partial charge in [0.1, 0.15) is 17.4 Å². The number of anilines is 1. The molecule has 3 aliphatic rings. The minimum absolute atomic E-state index is 0.0658. The number of fused-ring (bicyclic) bond motifs is 3. The number of aromatic hydroxyl groups is 1. The van der Waals surface area contributed by atoms with E-state index < -0.39 is 52.7 Å². The monoisotopic (exact) mass is 466 g/mol. The summed E-state index contributed by atoms with van der Waals surface area (Å²) in [5.41, 5.74) is 9.68. The van der Waals surface area contributed by atoms with Crippen molar-refractivity contribution < 1.29 is 34.8 Å². The molecule has 2 aromatic rings. The fourth-order valence-corrected chi connectivity index (χ4v) is 5.67. The zero-order valence-electron chi connectivity index (χ0n) is 17.8. The van der Waals surface area contributed by atoms with Crippen molar-refractivity contribution >= 4 is 23.4 Å². The Bertz CT molecular complexity index is 1290. The Morgan fingerprint density at radius 3 is 2.44 bits per heavy atom. The quantitative estimate of drug-likeness (QED) is 0.320. The summed E-state index contributed by atoms with van der Waals surface area (Å²) in [7, 11) is 0. The van der Waals surface area contributed by atoms with Gasteiger partial charge in [-0.15, -0.1) is 0 Å². The maximum absolute atomic E-state index is 13.5. The molecule has 0 radical (unpaired) electrons. The highest BCUT2D eigenvalue weighted by Gasteiger charge is 2.62. The van der Waals surface area contributed by atoms with Gasteiger partial charge in [0.05, 0.1) is 11.7 Å². The number of Topliss-reactive ketones (excluding diaryl/α,β-unsaturated/α-hetero) is 2. The number of phenolic OH excluding ortho intramolecular Hbond substituents is 1. The molecule has 3 aliphatic carbocycles. The Kier molecular flexibility index (Phi) is 4.74. The summed E-state index contributed by atoms with van der Waals surface area (Å²) in [6.45, 7) is 0. The lowest BCUT2D eigenvalue weighted by molar-refractivity contribution is -0.167. The third-order valence-corrected chi connectivity index (χ3v) is 7.26. The highest BCUT2D eigenvalue weighted by molar-refractivity contribution is 6.16. The number of hydrogen-bond acceptors (Lipinski definition) is 10. The Hall–Kier alpha value is -3.83. The second-order valence-corrected chi connectivity index (χ2v) is 9.05. The molecule has 34 heavy (non-hydrogen) atoms. The molecular formula is C23H22N4O7. The van der Waals surface area contributed by atoms with Crippen LogP contribution in [0.5, 0.6) is 5.75 Å². The molecule has 11 heteroatoms. The standard InChI is InChI=1S/C23H22N4O7/c24-21(33)17-14(29)5-10-3-8-4-12-11(9-6-26-22(25)27-7-9)1-2-13(28)16(12)18(30)15(8)19(31)23(10,34)20(17)32/h1-2,6-8,10,14,17,28-29,31,34H,3-5H2,(H2,24,33)(H2,25,26,27)/t8-,10+,14?,17?,23+/m1/s1. The van der Waals surface area contributed by atoms with Crippen molar-refractivity contribution in [2.75, 3.05) is 5.73 Å². The molecule has 176 valence electrons. The van der Waals surface area contributed by atoms with Crippen LogP contribution in [-0.2, 0) is 16.0 Å². The molecule has 0 spiro atoms. The molecule has 0 bridgehead atoms. The molecule has 1 heterocycles. The number of aromatic nitrogens is 2. The van der Waals surface area contributed by atoms with Crippen LogP contribution in [0.25, 0.3) is 11.1 Å². The molecule has 11 nitrogen and oxygen atoms in total. The van der Waals surface area contributed by atoms with Gasteiger partial charge in [-0.1, -0.05) is 6.07 Å². The first-order chi connectivity index (χ1) is 16.1. The normalized spacial score (nSPS) is 30.4. The minimum Gasteiger partial charge on any atom is -0.508 e. The van der Waals surface area contributed by atoms with Gasteiger partial charge in [-0.2, -0.15) is 0 Å². The van der Waals surface area contributed by atoms with Gasteiger partial charge in [0.15, 0.2) is 17.2 Å². The van der Waals surface area contributed by atoms with Gasteiger partial charge in [-0.05, 0) is 42.4 Å². The molecule has 1 saturated carbocycles. The Labute approximate surface area is 192 Å². The molecular weight excluding hydrogens is 444 g/mol. The van der Waals surface area contributed by atoms with Gasteiger partial charge in [0.25, 0.3) is 0 Å². The topological polar surface area (TPSA) is 210 Å². The van der Waals surface area contributed by atoms with Crippen molar-refractivity contribution in [2.24, 2.45) is 23.5 Å². The Balaban J connectivity index is 1.67. The lowest BCUT2D eigenvalue weighted by atomic mass is 9.57. The van der Waals surface area contributed by atoms with E-state index in [1.54, 1.807) is 6.07 Å². The fourth-order valence-electron chi connectivity index (χ4n) is 5.67. The van der Waals surface area contributed by atoms with E-state index in [2.05, 4.69) is 9.97 Å². The molecule has 2 unspecified atom stereocenters. The smallest absolute Gasteiger partial charge is 0.230 e. The number of amides is 1. The van der Waals surface area contributed by atoms with Crippen LogP contribution < -0.4 is 11.5 Å². The summed E-state index contributed by atoms with van der Waals surface area (Å²) in [6, 6.07) is 2.95. The van der Waals surface area contributed by atoms with Crippen LogP contribution in [0.15, 0.2) is 35.9 Å². The Morgan fingerprint density at radius 1 is 1.12 bits per heavy atom. The summed E-state index contributed by atoms with van der Waals surface area (Å²) >= 11 is 0. The molecule has 5 rings (SSSR count). The highest BCUT2D eigenvalue weighted by Crippen LogP contribution is 2.52. The summed E-state index contributed by atoms with van der Waals surface area (Å²) in [4.78, 5) is 46.3. The number of nitrogen functional groups attached to an aromatic ring is 1. The molecule has 1 aromatic heterocycles. The number of nitrogens with zero attached hydrogens (tertiary/aromatic N) is 2. The zero-order valence-corrected chi connectivity index (χ0v) is 17.8. The number of hydrogen-bond donors (Lipinski definition) is 6. The largest absolute Gasteiger partial charge is 0.508 e. The van der Waals surface area contributed by atoms with E-state index in [9.17, 15) is 34.8 Å². The van der Waals surface area contributed by atoms with E-state index in [0.717, 1.165) is 0 Å². The SMILES string of the molecule is NC(=O)C1C(=O)[C@@]2(O)C(O)=C3C(=O)c4c(O)ccc(-c5cnc(N)nc5)c4C[C@H]3C[C@H]2CC1O. The van der Waals surface area contributed by atoms with Gasteiger partial charge in [0.2, 0.25) is 11.9 Å². The number of aliphatic hydroxyl groups excluding tert-OH is 2. The van der Waals surface area contributed by atoms with Crippen molar-refractivity contribution in [3.05, 3.63) is 47.0 Å². The fraction of sp³-hybridized carbons (Fsp3) is 0.348. The molecule has 0 aliphatic heterocycles. The van der Waals surface area contributed by atoms with Crippen LogP contribution in [0.1, 0.15) is 28.8 Å². The third kappa shape index (κ3) is 2.87. The minimum atomic E-state index is -2.53. The number of benzene rings is 1. The first-order valence-corrected chi connectivity index (χ1v) is 10.7. The number of carbonyl (C=O) groups excluding carboxylic acids is 3. The van der Waals surface area contributed by atoms with Crippen molar-refractivity contribution in [1.29, 1.82) is 0 Å². The van der Waals surface area contributed by atoms with E-state index in [1.165, 1.54) is 18.5 Å². The van der Waals surface area contributed by atoms with Crippen LogP contribution >= 0.6 is 0 Å². The van der Waals surface area contributed by atoms with Crippen LogP contribution in [0.2, 0.25) is 0 Å². The average Bonchev–Trinajstić information content (AvgIpc) is 2.77. The number of nitrogens with two attached hydrogens (primary N) is 2. The maximum Gasteiger partial charge on any atom is 0.230 e. The summed E-state index contributed by atoms with van der Waals surface area (Å²) in [6.07, 6.45) is 1.68.